The average molecular weight is 402 g/mol. The number of piperidine rings is 1. The predicted molar refractivity (Wildman–Crippen MR) is 107 cm³/mol. The molecule has 1 aromatic rings. The van der Waals surface area contributed by atoms with E-state index < -0.39 is 29.2 Å². The van der Waals surface area contributed by atoms with Crippen molar-refractivity contribution < 1.29 is 23.9 Å². The summed E-state index contributed by atoms with van der Waals surface area (Å²) < 4.78 is 10.4. The van der Waals surface area contributed by atoms with Gasteiger partial charge in [-0.1, -0.05) is 30.3 Å². The maximum absolute atomic E-state index is 13.7. The van der Waals surface area contributed by atoms with Crippen LogP contribution in [0.25, 0.3) is 0 Å². The molecule has 2 saturated heterocycles. The number of benzene rings is 1. The van der Waals surface area contributed by atoms with Crippen LogP contribution in [-0.2, 0) is 25.5 Å². The number of ether oxygens (including phenoxy) is 2. The van der Waals surface area contributed by atoms with Crippen LogP contribution in [0.2, 0.25) is 0 Å². The Hall–Kier alpha value is -2.57. The second-order valence-electron chi connectivity index (χ2n) is 8.89. The fourth-order valence-electron chi connectivity index (χ4n) is 4.38. The van der Waals surface area contributed by atoms with Crippen LogP contribution in [-0.4, -0.2) is 53.2 Å². The monoisotopic (exact) mass is 402 g/mol. The summed E-state index contributed by atoms with van der Waals surface area (Å²) >= 11 is 0. The molecule has 0 aromatic heterocycles. The predicted octanol–water partition coefficient (Wildman–Crippen LogP) is 2.82. The van der Waals surface area contributed by atoms with Crippen LogP contribution in [0, 0.1) is 0 Å². The van der Waals surface area contributed by atoms with Gasteiger partial charge in [0.05, 0.1) is 7.11 Å². The number of carbonyl (C=O) groups is 3. The van der Waals surface area contributed by atoms with Gasteiger partial charge in [0, 0.05) is 12.5 Å². The Morgan fingerprint density at radius 2 is 1.86 bits per heavy atom. The van der Waals surface area contributed by atoms with Crippen molar-refractivity contribution in [3.63, 3.8) is 0 Å². The van der Waals surface area contributed by atoms with E-state index in [1.54, 1.807) is 25.7 Å². The Bertz CT molecular complexity index is 773. The van der Waals surface area contributed by atoms with Gasteiger partial charge in [-0.05, 0) is 52.0 Å². The lowest BCUT2D eigenvalue weighted by atomic mass is 9.80. The van der Waals surface area contributed by atoms with Crippen molar-refractivity contribution in [1.29, 1.82) is 0 Å². The van der Waals surface area contributed by atoms with Crippen LogP contribution in [0.4, 0.5) is 4.79 Å². The molecule has 0 aliphatic carbocycles. The summed E-state index contributed by atoms with van der Waals surface area (Å²) in [6.07, 6.45) is 2.25. The molecule has 158 valence electrons. The van der Waals surface area contributed by atoms with E-state index in [-0.39, 0.29) is 11.9 Å². The average Bonchev–Trinajstić information content (AvgIpc) is 3.08. The molecule has 1 N–H and O–H groups in total. The Kier molecular flexibility index (Phi) is 5.87. The summed E-state index contributed by atoms with van der Waals surface area (Å²) in [6.45, 7) is 5.34. The summed E-state index contributed by atoms with van der Waals surface area (Å²) in [5.74, 6) is -0.648. The van der Waals surface area contributed by atoms with Gasteiger partial charge in [-0.2, -0.15) is 0 Å². The Labute approximate surface area is 171 Å². The second kappa shape index (κ2) is 8.05. The number of rotatable bonds is 4. The number of esters is 1. The molecule has 3 atom stereocenters. The Balaban J connectivity index is 1.92. The van der Waals surface area contributed by atoms with Gasteiger partial charge in [-0.25, -0.2) is 9.59 Å². The molecule has 0 unspecified atom stereocenters. The van der Waals surface area contributed by atoms with E-state index >= 15 is 0 Å². The van der Waals surface area contributed by atoms with Crippen molar-refractivity contribution >= 4 is 18.0 Å². The Morgan fingerprint density at radius 1 is 1.17 bits per heavy atom. The highest BCUT2D eigenvalue weighted by molar-refractivity contribution is 5.94. The number of alkyl carbamates (subject to hydrolysis) is 1. The number of hydrogen-bond donors (Lipinski definition) is 1. The zero-order valence-corrected chi connectivity index (χ0v) is 17.6. The third kappa shape index (κ3) is 4.54. The van der Waals surface area contributed by atoms with Gasteiger partial charge in [-0.15, -0.1) is 0 Å². The van der Waals surface area contributed by atoms with Gasteiger partial charge < -0.3 is 19.7 Å². The third-order valence-corrected chi connectivity index (χ3v) is 5.61. The summed E-state index contributed by atoms with van der Waals surface area (Å²) in [7, 11) is 1.33. The van der Waals surface area contributed by atoms with Crippen LogP contribution in [0.15, 0.2) is 30.3 Å². The molecule has 2 heterocycles. The lowest BCUT2D eigenvalue weighted by Crippen LogP contribution is -2.67. The number of amides is 2. The van der Waals surface area contributed by atoms with E-state index in [1.807, 2.05) is 30.3 Å². The normalized spacial score (nSPS) is 26.6. The van der Waals surface area contributed by atoms with Crippen molar-refractivity contribution in [2.45, 2.75) is 76.1 Å². The zero-order valence-electron chi connectivity index (χ0n) is 17.6. The molecule has 0 bridgehead atoms. The lowest BCUT2D eigenvalue weighted by Gasteiger charge is -2.45. The van der Waals surface area contributed by atoms with E-state index in [2.05, 4.69) is 5.32 Å². The molecule has 2 fully saturated rings. The molecule has 2 amide bonds. The van der Waals surface area contributed by atoms with Gasteiger partial charge >= 0.3 is 12.1 Å². The van der Waals surface area contributed by atoms with Crippen molar-refractivity contribution in [2.75, 3.05) is 7.11 Å². The standard InChI is InChI=1S/C22H30N2O5/c1-21(2,3)29-20(27)23-22(14-15-8-6-5-7-9-15)13-12-16-10-11-17(18(25)28-4)24(16)19(22)26/h5-9,16-17H,10-14H2,1-4H3,(H,23,27)/t16-,17+,22+/m1/s1. The van der Waals surface area contributed by atoms with E-state index in [0.29, 0.717) is 25.7 Å². The highest BCUT2D eigenvalue weighted by Gasteiger charge is 2.54. The summed E-state index contributed by atoms with van der Waals surface area (Å²) in [4.78, 5) is 40.2. The molecular formula is C22H30N2O5. The van der Waals surface area contributed by atoms with Gasteiger partial charge in [0.2, 0.25) is 5.91 Å². The minimum absolute atomic E-state index is 0.00376. The highest BCUT2D eigenvalue weighted by Crippen LogP contribution is 2.38. The van der Waals surface area contributed by atoms with Gasteiger partial charge in [-0.3, -0.25) is 4.79 Å². The Morgan fingerprint density at radius 3 is 2.48 bits per heavy atom. The largest absolute Gasteiger partial charge is 0.467 e. The minimum atomic E-state index is -1.16. The molecule has 3 rings (SSSR count). The number of nitrogens with one attached hydrogen (secondary N) is 1. The van der Waals surface area contributed by atoms with E-state index in [9.17, 15) is 14.4 Å². The first kappa shape index (κ1) is 21.1. The van der Waals surface area contributed by atoms with Crippen molar-refractivity contribution in [2.24, 2.45) is 0 Å². The topological polar surface area (TPSA) is 84.9 Å². The van der Waals surface area contributed by atoms with Crippen molar-refractivity contribution in [3.8, 4) is 0 Å². The fraction of sp³-hybridized carbons (Fsp3) is 0.591. The maximum Gasteiger partial charge on any atom is 0.408 e. The van der Waals surface area contributed by atoms with Gasteiger partial charge in [0.1, 0.15) is 17.2 Å². The quantitative estimate of drug-likeness (QED) is 0.783. The molecule has 1 aromatic carbocycles. The van der Waals surface area contributed by atoms with E-state index in [4.69, 9.17) is 9.47 Å². The fourth-order valence-corrected chi connectivity index (χ4v) is 4.38. The van der Waals surface area contributed by atoms with Crippen molar-refractivity contribution in [3.05, 3.63) is 35.9 Å². The second-order valence-corrected chi connectivity index (χ2v) is 8.89. The van der Waals surface area contributed by atoms with Gasteiger partial charge in [0.25, 0.3) is 0 Å². The van der Waals surface area contributed by atoms with E-state index in [1.165, 1.54) is 7.11 Å². The molecule has 0 spiro atoms. The molecule has 7 nitrogen and oxygen atoms in total. The van der Waals surface area contributed by atoms with Crippen LogP contribution >= 0.6 is 0 Å². The summed E-state index contributed by atoms with van der Waals surface area (Å²) in [5, 5.41) is 2.87. The molecular weight excluding hydrogens is 372 g/mol. The first-order valence-corrected chi connectivity index (χ1v) is 10.1. The molecule has 2 aliphatic rings. The number of methoxy groups -OCH3 is 1. The zero-order chi connectivity index (χ0) is 21.2. The third-order valence-electron chi connectivity index (χ3n) is 5.61. The number of hydrogen-bond acceptors (Lipinski definition) is 5. The number of carbonyl (C=O) groups excluding carboxylic acids is 3. The first-order valence-electron chi connectivity index (χ1n) is 10.1. The molecule has 0 radical (unpaired) electrons. The first-order chi connectivity index (χ1) is 13.6. The summed E-state index contributed by atoms with van der Waals surface area (Å²) in [5.41, 5.74) is -0.902. The van der Waals surface area contributed by atoms with Crippen molar-refractivity contribution in [1.82, 2.24) is 10.2 Å². The SMILES string of the molecule is COC(=O)[C@@H]1CC[C@@H]2CC[C@@](Cc3ccccc3)(NC(=O)OC(C)(C)C)C(=O)N21. The number of nitrogens with zero attached hydrogens (tertiary/aromatic N) is 1. The highest BCUT2D eigenvalue weighted by atomic mass is 16.6. The molecule has 2 aliphatic heterocycles. The molecule has 7 heteroatoms. The van der Waals surface area contributed by atoms with Crippen LogP contribution < -0.4 is 5.32 Å². The van der Waals surface area contributed by atoms with Crippen LogP contribution in [0.3, 0.4) is 0 Å². The van der Waals surface area contributed by atoms with Crippen LogP contribution in [0.1, 0.15) is 52.0 Å². The van der Waals surface area contributed by atoms with Gasteiger partial charge in [0.15, 0.2) is 0 Å². The number of fused-ring (bicyclic) bond motifs is 1. The molecule has 0 saturated carbocycles. The summed E-state index contributed by atoms with van der Waals surface area (Å²) in [6, 6.07) is 8.97. The molecule has 29 heavy (non-hydrogen) atoms. The lowest BCUT2D eigenvalue weighted by molar-refractivity contribution is -0.157. The van der Waals surface area contributed by atoms with Crippen LogP contribution in [0.5, 0.6) is 0 Å². The smallest absolute Gasteiger partial charge is 0.408 e. The minimum Gasteiger partial charge on any atom is -0.467 e. The maximum atomic E-state index is 13.7. The van der Waals surface area contributed by atoms with E-state index in [0.717, 1.165) is 12.0 Å².